The van der Waals surface area contributed by atoms with Gasteiger partial charge < -0.3 is 0 Å². The molecule has 9 rings (SSSR count). The molecular weight excluding hydrogens is 653 g/mol. The Morgan fingerprint density at radius 2 is 0.846 bits per heavy atom. The van der Waals surface area contributed by atoms with Gasteiger partial charge in [-0.05, 0) is 85.6 Å². The number of benzene rings is 7. The minimum absolute atomic E-state index is 0.596. The fourth-order valence-corrected chi connectivity index (χ4v) is 11.4. The van der Waals surface area contributed by atoms with Gasteiger partial charge in [0.05, 0.1) is 11.0 Å². The highest BCUT2D eigenvalue weighted by Crippen LogP contribution is 2.73. The van der Waals surface area contributed by atoms with Crippen molar-refractivity contribution in [3.63, 3.8) is 0 Å². The van der Waals surface area contributed by atoms with Crippen molar-refractivity contribution >= 4 is 31.8 Å². The van der Waals surface area contributed by atoms with Crippen LogP contribution in [0, 0.1) is 13.8 Å². The smallest absolute Gasteiger partial charge is 0.238 e. The first-order valence-corrected chi connectivity index (χ1v) is 19.2. The molecule has 250 valence electrons. The van der Waals surface area contributed by atoms with E-state index in [-0.39, 0.29) is 0 Å². The molecule has 52 heavy (non-hydrogen) atoms. The number of rotatable bonds is 7. The summed E-state index contributed by atoms with van der Waals surface area (Å²) < 4.78 is 2.18. The maximum atomic E-state index is 5.32. The third kappa shape index (κ3) is 5.21. The molecule has 0 amide bonds. The molecule has 0 aliphatic carbocycles. The molecule has 0 saturated carbocycles. The second kappa shape index (κ2) is 13.1. The average Bonchev–Trinajstić information content (AvgIpc) is 3.54. The van der Waals surface area contributed by atoms with Gasteiger partial charge >= 0.3 is 0 Å². The molecule has 4 nitrogen and oxygen atoms in total. The van der Waals surface area contributed by atoms with Gasteiger partial charge in [0.1, 0.15) is 0 Å². The second-order valence-corrected chi connectivity index (χ2v) is 16.1. The summed E-state index contributed by atoms with van der Waals surface area (Å²) in [5, 5.41) is 2.33. The van der Waals surface area contributed by atoms with Crippen molar-refractivity contribution in [3.8, 4) is 28.7 Å². The van der Waals surface area contributed by atoms with Crippen LogP contribution in [0.4, 0.5) is 0 Å². The molecule has 0 aliphatic rings. The van der Waals surface area contributed by atoms with Crippen molar-refractivity contribution in [2.75, 3.05) is 0 Å². The average molecular weight is 689 g/mol. The van der Waals surface area contributed by atoms with E-state index < -0.39 is 10.0 Å². The van der Waals surface area contributed by atoms with Crippen LogP contribution in [0.2, 0.25) is 0 Å². The van der Waals surface area contributed by atoms with Crippen LogP contribution in [0.15, 0.2) is 202 Å². The van der Waals surface area contributed by atoms with Gasteiger partial charge in [-0.25, -0.2) is 4.98 Å². The minimum Gasteiger partial charge on any atom is -0.278 e. The minimum atomic E-state index is -1.90. The first-order chi connectivity index (χ1) is 25.6. The zero-order valence-electron chi connectivity index (χ0n) is 29.0. The molecule has 0 spiro atoms. The Bertz CT molecular complexity index is 2530. The summed E-state index contributed by atoms with van der Waals surface area (Å²) in [6.45, 7) is 4.26. The van der Waals surface area contributed by atoms with Crippen molar-refractivity contribution in [2.24, 2.45) is 0 Å². The normalized spacial score (nSPS) is 12.0. The quantitative estimate of drug-likeness (QED) is 0.167. The predicted octanol–water partition coefficient (Wildman–Crippen LogP) is 12.3. The first-order valence-electron chi connectivity index (χ1n) is 17.5. The first kappa shape index (κ1) is 31.7. The molecule has 2 heterocycles. The van der Waals surface area contributed by atoms with Gasteiger partial charge in [0.2, 0.25) is 5.95 Å². The van der Waals surface area contributed by atoms with Crippen LogP contribution in [-0.4, -0.2) is 19.5 Å². The molecule has 5 heteroatoms. The second-order valence-electron chi connectivity index (χ2n) is 13.0. The van der Waals surface area contributed by atoms with Gasteiger partial charge in [-0.1, -0.05) is 121 Å². The maximum absolute atomic E-state index is 5.32. The number of aromatic nitrogens is 4. The Balaban J connectivity index is 1.34. The topological polar surface area (TPSA) is 43.6 Å². The van der Waals surface area contributed by atoms with E-state index in [1.165, 1.54) is 19.6 Å². The zero-order valence-corrected chi connectivity index (χ0v) is 29.8. The van der Waals surface area contributed by atoms with E-state index >= 15 is 0 Å². The van der Waals surface area contributed by atoms with Crippen molar-refractivity contribution < 1.29 is 0 Å². The summed E-state index contributed by atoms with van der Waals surface area (Å²) in [6.07, 6.45) is 0. The highest BCUT2D eigenvalue weighted by Gasteiger charge is 2.33. The third-order valence-electron chi connectivity index (χ3n) is 9.84. The lowest BCUT2D eigenvalue weighted by Crippen LogP contribution is -2.08. The van der Waals surface area contributed by atoms with Crippen molar-refractivity contribution in [3.05, 3.63) is 193 Å². The lowest BCUT2D eigenvalue weighted by molar-refractivity contribution is 0.950. The van der Waals surface area contributed by atoms with E-state index in [9.17, 15) is 0 Å². The van der Waals surface area contributed by atoms with Crippen molar-refractivity contribution in [1.82, 2.24) is 19.5 Å². The fourth-order valence-electron chi connectivity index (χ4n) is 7.53. The number of hydrogen-bond acceptors (Lipinski definition) is 3. The molecule has 7 aromatic carbocycles. The lowest BCUT2D eigenvalue weighted by atomic mass is 10.0. The van der Waals surface area contributed by atoms with Crippen LogP contribution >= 0.6 is 10.0 Å². The molecule has 0 N–H and O–H groups in total. The Morgan fingerprint density at radius 1 is 0.404 bits per heavy atom. The molecular formula is C47H36N4S. The molecule has 0 aliphatic heterocycles. The zero-order chi connectivity index (χ0) is 35.1. The molecule has 0 atom stereocenters. The van der Waals surface area contributed by atoms with Gasteiger partial charge in [-0.2, -0.15) is 9.97 Å². The highest BCUT2D eigenvalue weighted by molar-refractivity contribution is 8.34. The SMILES string of the molecule is Cc1cccc(C)c1-c1nc(-c2cccc(S(c3ccccc3)(c3ccccc3)c3ccccc3)c2)nc(-n2c3ccccc3c3ccccc32)n1. The molecule has 0 saturated heterocycles. The Morgan fingerprint density at radius 3 is 1.38 bits per heavy atom. The third-order valence-corrected chi connectivity index (χ3v) is 13.7. The maximum Gasteiger partial charge on any atom is 0.238 e. The molecule has 2 aromatic heterocycles. The summed E-state index contributed by atoms with van der Waals surface area (Å²) in [4.78, 5) is 20.9. The highest BCUT2D eigenvalue weighted by atomic mass is 32.3. The monoisotopic (exact) mass is 688 g/mol. The number of para-hydroxylation sites is 2. The molecule has 0 bridgehead atoms. The Kier molecular flexibility index (Phi) is 7.98. The molecule has 9 aromatic rings. The predicted molar refractivity (Wildman–Crippen MR) is 214 cm³/mol. The Hall–Kier alpha value is -6.30. The summed E-state index contributed by atoms with van der Waals surface area (Å²) in [6, 6.07) is 65.0. The molecule has 0 unspecified atom stereocenters. The van der Waals surface area contributed by atoms with Gasteiger partial charge in [0.15, 0.2) is 11.6 Å². The molecule has 0 radical (unpaired) electrons. The molecule has 0 fully saturated rings. The van der Waals surface area contributed by atoms with Crippen LogP contribution in [0.5, 0.6) is 0 Å². The van der Waals surface area contributed by atoms with Crippen LogP contribution in [0.3, 0.4) is 0 Å². The number of aryl methyl sites for hydroxylation is 2. The lowest BCUT2D eigenvalue weighted by Gasteiger charge is -2.42. The largest absolute Gasteiger partial charge is 0.278 e. The van der Waals surface area contributed by atoms with Gasteiger partial charge in [-0.15, -0.1) is 10.0 Å². The summed E-state index contributed by atoms with van der Waals surface area (Å²) in [5.41, 5.74) is 6.33. The van der Waals surface area contributed by atoms with E-state index in [1.54, 1.807) is 0 Å². The van der Waals surface area contributed by atoms with Crippen LogP contribution in [-0.2, 0) is 0 Å². The van der Waals surface area contributed by atoms with Crippen molar-refractivity contribution in [2.45, 2.75) is 33.4 Å². The summed E-state index contributed by atoms with van der Waals surface area (Å²) in [5.74, 6) is 1.89. The summed E-state index contributed by atoms with van der Waals surface area (Å²) >= 11 is 0. The van der Waals surface area contributed by atoms with Crippen LogP contribution < -0.4 is 0 Å². The van der Waals surface area contributed by atoms with E-state index in [1.807, 2.05) is 0 Å². The van der Waals surface area contributed by atoms with E-state index in [4.69, 9.17) is 15.0 Å². The van der Waals surface area contributed by atoms with E-state index in [0.29, 0.717) is 17.6 Å². The van der Waals surface area contributed by atoms with Gasteiger partial charge in [0, 0.05) is 41.5 Å². The van der Waals surface area contributed by atoms with Gasteiger partial charge in [-0.3, -0.25) is 4.57 Å². The number of nitrogens with zero attached hydrogens (tertiary/aromatic N) is 4. The van der Waals surface area contributed by atoms with E-state index in [0.717, 1.165) is 44.1 Å². The standard InChI is InChI=1S/C47H36N4S/c1-33-18-16-19-34(2)44(33)46-48-45(49-47(50-46)51-42-30-14-12-28-40(42)41-29-13-15-31-43(41)51)35-20-17-27-39(32-35)52(36-21-6-3-7-22-36,37-23-8-4-9-24-37)38-25-10-5-11-26-38/h3-32H,1-2H3. The van der Waals surface area contributed by atoms with Crippen molar-refractivity contribution in [1.29, 1.82) is 0 Å². The van der Waals surface area contributed by atoms with Crippen LogP contribution in [0.25, 0.3) is 50.5 Å². The van der Waals surface area contributed by atoms with Gasteiger partial charge in [0.25, 0.3) is 0 Å². The number of fused-ring (bicyclic) bond motifs is 3. The van der Waals surface area contributed by atoms with Crippen LogP contribution in [0.1, 0.15) is 11.1 Å². The summed E-state index contributed by atoms with van der Waals surface area (Å²) in [7, 11) is -1.90. The number of hydrogen-bond donors (Lipinski definition) is 0. The van der Waals surface area contributed by atoms with E-state index in [2.05, 4.69) is 200 Å². The fraction of sp³-hybridized carbons (Fsp3) is 0.0426. The Labute approximate surface area is 305 Å².